The molecule has 1 heterocycles. The van der Waals surface area contributed by atoms with Gasteiger partial charge in [0.2, 0.25) is 10.8 Å². The van der Waals surface area contributed by atoms with Gasteiger partial charge in [0.05, 0.1) is 0 Å². The van der Waals surface area contributed by atoms with E-state index in [1.54, 1.807) is 81.4 Å². The Hall–Kier alpha value is -4.96. The summed E-state index contributed by atoms with van der Waals surface area (Å²) >= 11 is 0.869. The van der Waals surface area contributed by atoms with Gasteiger partial charge in [0.25, 0.3) is 0 Å². The van der Waals surface area contributed by atoms with Crippen LogP contribution in [0.1, 0.15) is 67.4 Å². The standard InChI is InChI=1S/C37H45NO14S/c1-22(39)38(35(45)52-36(6,7)8)31-29(48-24(3)41)19-37(53-28-17-13-10-14-18-28,34(44)47-20-27-15-11-9-12-16-27)51-33(31)32(50-26(5)43)30(49-25(4)42)21-46-23(2)40/h9-18,29-33H,19-21H2,1-8H3/t29-,30?,31-,32-,33?,37?/m1/s1. The van der Waals surface area contributed by atoms with E-state index in [1.165, 1.54) is 0 Å². The number of thioether (sulfide) groups is 1. The molecule has 0 bridgehead atoms. The maximum absolute atomic E-state index is 14.5. The molecule has 0 aliphatic carbocycles. The molecule has 15 nitrogen and oxygen atoms in total. The summed E-state index contributed by atoms with van der Waals surface area (Å²) in [4.78, 5) is 90.7. The monoisotopic (exact) mass is 759 g/mol. The highest BCUT2D eigenvalue weighted by Crippen LogP contribution is 2.47. The lowest BCUT2D eigenvalue weighted by Gasteiger charge is -2.50. The van der Waals surface area contributed by atoms with E-state index in [0.717, 1.165) is 46.4 Å². The van der Waals surface area contributed by atoms with Crippen molar-refractivity contribution in [1.29, 1.82) is 0 Å². The van der Waals surface area contributed by atoms with Crippen molar-refractivity contribution in [3.63, 3.8) is 0 Å². The number of amides is 2. The van der Waals surface area contributed by atoms with Gasteiger partial charge in [-0.25, -0.2) is 14.5 Å². The topological polar surface area (TPSA) is 187 Å². The van der Waals surface area contributed by atoms with Gasteiger partial charge in [0.15, 0.2) is 12.2 Å². The van der Waals surface area contributed by atoms with E-state index in [-0.39, 0.29) is 6.61 Å². The molecule has 0 radical (unpaired) electrons. The van der Waals surface area contributed by atoms with Gasteiger partial charge in [0.1, 0.15) is 37.1 Å². The molecular formula is C37H45NO14S. The van der Waals surface area contributed by atoms with Crippen LogP contribution in [0.25, 0.3) is 0 Å². The second-order valence-corrected chi connectivity index (χ2v) is 14.4. The van der Waals surface area contributed by atoms with Crippen molar-refractivity contribution in [2.75, 3.05) is 6.61 Å². The Labute approximate surface area is 311 Å². The highest BCUT2D eigenvalue weighted by Gasteiger charge is 2.61. The number of ether oxygens (including phenoxy) is 7. The summed E-state index contributed by atoms with van der Waals surface area (Å²) in [5.74, 6) is -5.38. The van der Waals surface area contributed by atoms with Gasteiger partial charge in [-0.2, -0.15) is 0 Å². The van der Waals surface area contributed by atoms with Crippen LogP contribution in [-0.4, -0.2) is 94.3 Å². The Balaban J connectivity index is 2.37. The Kier molecular flexibility index (Phi) is 15.0. The molecule has 2 aromatic carbocycles. The van der Waals surface area contributed by atoms with Crippen LogP contribution >= 0.6 is 11.8 Å². The summed E-state index contributed by atoms with van der Waals surface area (Å²) in [7, 11) is 0. The number of nitrogens with zero attached hydrogens (tertiary/aromatic N) is 1. The Morgan fingerprint density at radius 2 is 1.40 bits per heavy atom. The van der Waals surface area contributed by atoms with Crippen molar-refractivity contribution in [2.24, 2.45) is 0 Å². The molecule has 1 saturated heterocycles. The summed E-state index contributed by atoms with van der Waals surface area (Å²) in [5, 5.41) is 0. The molecule has 3 unspecified atom stereocenters. The molecule has 1 aliphatic rings. The summed E-state index contributed by atoms with van der Waals surface area (Å²) in [5.41, 5.74) is -0.504. The first kappa shape index (κ1) is 42.5. The molecule has 288 valence electrons. The number of carbonyl (C=O) groups is 7. The van der Waals surface area contributed by atoms with Crippen LogP contribution in [0.15, 0.2) is 65.6 Å². The van der Waals surface area contributed by atoms with E-state index in [4.69, 9.17) is 33.2 Å². The maximum Gasteiger partial charge on any atom is 0.417 e. The van der Waals surface area contributed by atoms with Crippen molar-refractivity contribution >= 4 is 53.6 Å². The van der Waals surface area contributed by atoms with Crippen LogP contribution < -0.4 is 0 Å². The quantitative estimate of drug-likeness (QED) is 0.205. The first-order valence-corrected chi connectivity index (χ1v) is 17.4. The van der Waals surface area contributed by atoms with E-state index in [1.807, 2.05) is 0 Å². The zero-order valence-electron chi connectivity index (χ0n) is 30.9. The van der Waals surface area contributed by atoms with Crippen LogP contribution in [0.2, 0.25) is 0 Å². The van der Waals surface area contributed by atoms with Crippen molar-refractivity contribution in [2.45, 2.75) is 114 Å². The van der Waals surface area contributed by atoms with Gasteiger partial charge in [-0.15, -0.1) is 0 Å². The van der Waals surface area contributed by atoms with E-state index < -0.39 is 95.9 Å². The summed E-state index contributed by atoms with van der Waals surface area (Å²) in [6.45, 7) is 9.07. The predicted octanol–water partition coefficient (Wildman–Crippen LogP) is 4.52. The van der Waals surface area contributed by atoms with Gasteiger partial charge < -0.3 is 33.2 Å². The highest BCUT2D eigenvalue weighted by atomic mass is 32.2. The number of imide groups is 1. The third-order valence-corrected chi connectivity index (χ3v) is 8.64. The largest absolute Gasteiger partial charge is 0.462 e. The van der Waals surface area contributed by atoms with Gasteiger partial charge >= 0.3 is 35.9 Å². The predicted molar refractivity (Wildman–Crippen MR) is 187 cm³/mol. The zero-order chi connectivity index (χ0) is 39.5. The van der Waals surface area contributed by atoms with Crippen LogP contribution in [0, 0.1) is 0 Å². The second kappa shape index (κ2) is 18.7. The third-order valence-electron chi connectivity index (χ3n) is 7.37. The molecule has 2 aromatic rings. The average molecular weight is 760 g/mol. The van der Waals surface area contributed by atoms with Crippen molar-refractivity contribution in [1.82, 2.24) is 4.90 Å². The molecule has 16 heteroatoms. The summed E-state index contributed by atoms with van der Waals surface area (Å²) < 4.78 is 40.2. The Morgan fingerprint density at radius 1 is 0.811 bits per heavy atom. The fraction of sp³-hybridized carbons (Fsp3) is 0.486. The minimum absolute atomic E-state index is 0.208. The molecule has 1 aliphatic heterocycles. The molecule has 1 fully saturated rings. The molecule has 0 N–H and O–H groups in total. The third kappa shape index (κ3) is 12.6. The first-order chi connectivity index (χ1) is 24.8. The van der Waals surface area contributed by atoms with Crippen LogP contribution in [-0.2, 0) is 68.5 Å². The number of benzene rings is 2. The lowest BCUT2D eigenvalue weighted by Crippen LogP contribution is -2.69. The fourth-order valence-corrected chi connectivity index (χ4v) is 6.73. The van der Waals surface area contributed by atoms with E-state index in [9.17, 15) is 33.6 Å². The minimum Gasteiger partial charge on any atom is -0.462 e. The number of hydrogen-bond acceptors (Lipinski definition) is 15. The lowest BCUT2D eigenvalue weighted by molar-refractivity contribution is -0.233. The normalized spacial score (nSPS) is 20.8. The fourth-order valence-electron chi connectivity index (χ4n) is 5.51. The first-order valence-electron chi connectivity index (χ1n) is 16.6. The van der Waals surface area contributed by atoms with Gasteiger partial charge in [-0.05, 0) is 38.5 Å². The molecule has 0 spiro atoms. The lowest BCUT2D eigenvalue weighted by atomic mass is 9.88. The van der Waals surface area contributed by atoms with Crippen molar-refractivity contribution in [3.05, 3.63) is 66.2 Å². The summed E-state index contributed by atoms with van der Waals surface area (Å²) in [6.07, 6.45) is -8.57. The molecule has 0 aromatic heterocycles. The molecule has 3 rings (SSSR count). The van der Waals surface area contributed by atoms with Gasteiger partial charge in [-0.1, -0.05) is 60.3 Å². The number of hydrogen-bond donors (Lipinski definition) is 0. The second-order valence-electron chi connectivity index (χ2n) is 13.0. The molecule has 0 saturated carbocycles. The highest BCUT2D eigenvalue weighted by molar-refractivity contribution is 8.01. The molecular weight excluding hydrogens is 714 g/mol. The van der Waals surface area contributed by atoms with Gasteiger partial charge in [0, 0.05) is 45.9 Å². The van der Waals surface area contributed by atoms with Crippen LogP contribution in [0.5, 0.6) is 0 Å². The number of esters is 5. The molecule has 2 amide bonds. The van der Waals surface area contributed by atoms with Gasteiger partial charge in [-0.3, -0.25) is 24.0 Å². The maximum atomic E-state index is 14.5. The minimum atomic E-state index is -2.14. The number of rotatable bonds is 13. The van der Waals surface area contributed by atoms with Crippen molar-refractivity contribution < 1.29 is 66.7 Å². The summed E-state index contributed by atoms with van der Waals surface area (Å²) in [6, 6.07) is 15.6. The van der Waals surface area contributed by atoms with E-state index in [2.05, 4.69) is 0 Å². The molecule has 6 atom stereocenters. The average Bonchev–Trinajstić information content (AvgIpc) is 3.05. The molecule has 53 heavy (non-hydrogen) atoms. The van der Waals surface area contributed by atoms with Crippen molar-refractivity contribution in [3.8, 4) is 0 Å². The Bertz CT molecular complexity index is 1630. The van der Waals surface area contributed by atoms with Crippen LogP contribution in [0.3, 0.4) is 0 Å². The van der Waals surface area contributed by atoms with Crippen LogP contribution in [0.4, 0.5) is 4.79 Å². The smallest absolute Gasteiger partial charge is 0.417 e. The number of carbonyl (C=O) groups excluding carboxylic acids is 7. The Morgan fingerprint density at radius 3 is 1.91 bits per heavy atom. The van der Waals surface area contributed by atoms with E-state index >= 15 is 0 Å². The van der Waals surface area contributed by atoms with E-state index in [0.29, 0.717) is 15.4 Å². The zero-order valence-corrected chi connectivity index (χ0v) is 31.7. The SMILES string of the molecule is CC(=O)OCC(OC(C)=O)[C@@H](OC(C)=O)C1OC(Sc2ccccc2)(C(=O)OCc2ccccc2)C[C@@H](OC(C)=O)[C@H]1N(C(C)=O)C(=O)OC(C)(C)C.